The highest BCUT2D eigenvalue weighted by molar-refractivity contribution is 7.80. The van der Waals surface area contributed by atoms with Crippen LogP contribution in [0.4, 0.5) is 5.69 Å². The Kier molecular flexibility index (Phi) is 4.48. The van der Waals surface area contributed by atoms with E-state index in [0.717, 1.165) is 16.8 Å². The summed E-state index contributed by atoms with van der Waals surface area (Å²) in [6.45, 7) is 1.97. The molecular formula is C16H16N2OS. The van der Waals surface area contributed by atoms with Gasteiger partial charge in [-0.1, -0.05) is 54.7 Å². The van der Waals surface area contributed by atoms with Crippen LogP contribution in [0.1, 0.15) is 17.0 Å². The van der Waals surface area contributed by atoms with E-state index in [9.17, 15) is 4.79 Å². The van der Waals surface area contributed by atoms with Gasteiger partial charge in [-0.2, -0.15) is 0 Å². The monoisotopic (exact) mass is 284 g/mol. The summed E-state index contributed by atoms with van der Waals surface area (Å²) in [7, 11) is 0. The van der Waals surface area contributed by atoms with Crippen molar-refractivity contribution in [2.75, 3.05) is 5.32 Å². The van der Waals surface area contributed by atoms with Crippen LogP contribution in [0.2, 0.25) is 0 Å². The van der Waals surface area contributed by atoms with Crippen LogP contribution in [0.15, 0.2) is 54.6 Å². The lowest BCUT2D eigenvalue weighted by Crippen LogP contribution is -2.31. The maximum Gasteiger partial charge on any atom is 0.238 e. The lowest BCUT2D eigenvalue weighted by atomic mass is 9.98. The van der Waals surface area contributed by atoms with Crippen molar-refractivity contribution >= 4 is 28.8 Å². The smallest absolute Gasteiger partial charge is 0.238 e. The zero-order valence-corrected chi connectivity index (χ0v) is 12.0. The van der Waals surface area contributed by atoms with Crippen LogP contribution in [0, 0.1) is 6.92 Å². The highest BCUT2D eigenvalue weighted by Crippen LogP contribution is 2.19. The summed E-state index contributed by atoms with van der Waals surface area (Å²) in [5.74, 6) is -0.832. The van der Waals surface area contributed by atoms with Gasteiger partial charge in [-0.3, -0.25) is 4.79 Å². The first-order valence-corrected chi connectivity index (χ1v) is 6.70. The van der Waals surface area contributed by atoms with Gasteiger partial charge in [0, 0.05) is 5.69 Å². The molecule has 20 heavy (non-hydrogen) atoms. The van der Waals surface area contributed by atoms with Gasteiger partial charge < -0.3 is 11.1 Å². The second kappa shape index (κ2) is 6.30. The summed E-state index contributed by atoms with van der Waals surface area (Å²) < 4.78 is 0. The zero-order valence-electron chi connectivity index (χ0n) is 11.2. The number of hydrogen-bond acceptors (Lipinski definition) is 2. The Morgan fingerprint density at radius 1 is 1.15 bits per heavy atom. The molecule has 2 rings (SSSR count). The SMILES string of the molecule is Cc1cccc(NC(=O)C(C(N)=S)c2ccccc2)c1. The van der Waals surface area contributed by atoms with Gasteiger partial charge in [0.15, 0.2) is 0 Å². The molecule has 0 aliphatic heterocycles. The second-order valence-electron chi connectivity index (χ2n) is 4.60. The first-order chi connectivity index (χ1) is 9.58. The molecular weight excluding hydrogens is 268 g/mol. The van der Waals surface area contributed by atoms with E-state index < -0.39 is 5.92 Å². The average molecular weight is 284 g/mol. The fourth-order valence-electron chi connectivity index (χ4n) is 2.03. The van der Waals surface area contributed by atoms with Crippen LogP contribution in [0.25, 0.3) is 0 Å². The summed E-state index contributed by atoms with van der Waals surface area (Å²) in [5, 5.41) is 2.86. The van der Waals surface area contributed by atoms with Gasteiger partial charge in [0.1, 0.15) is 5.92 Å². The molecule has 0 spiro atoms. The predicted molar refractivity (Wildman–Crippen MR) is 85.8 cm³/mol. The van der Waals surface area contributed by atoms with Gasteiger partial charge in [0.25, 0.3) is 0 Å². The van der Waals surface area contributed by atoms with Crippen molar-refractivity contribution in [2.45, 2.75) is 12.8 Å². The third kappa shape index (κ3) is 3.42. The number of nitrogens with one attached hydrogen (secondary N) is 1. The molecule has 0 fully saturated rings. The van der Waals surface area contributed by atoms with E-state index in [0.29, 0.717) is 0 Å². The van der Waals surface area contributed by atoms with Gasteiger partial charge >= 0.3 is 0 Å². The van der Waals surface area contributed by atoms with E-state index in [-0.39, 0.29) is 10.9 Å². The first kappa shape index (κ1) is 14.2. The minimum atomic E-state index is -0.619. The Hall–Kier alpha value is -2.20. The molecule has 0 radical (unpaired) electrons. The molecule has 0 aromatic heterocycles. The number of thiocarbonyl (C=S) groups is 1. The van der Waals surface area contributed by atoms with Crippen molar-refractivity contribution in [1.82, 2.24) is 0 Å². The molecule has 0 heterocycles. The Morgan fingerprint density at radius 2 is 1.85 bits per heavy atom. The minimum absolute atomic E-state index is 0.168. The molecule has 4 heteroatoms. The normalized spacial score (nSPS) is 11.7. The maximum absolute atomic E-state index is 12.4. The Labute approximate surface area is 123 Å². The van der Waals surface area contributed by atoms with Crippen molar-refractivity contribution in [2.24, 2.45) is 5.73 Å². The highest BCUT2D eigenvalue weighted by atomic mass is 32.1. The van der Waals surface area contributed by atoms with Crippen LogP contribution < -0.4 is 11.1 Å². The highest BCUT2D eigenvalue weighted by Gasteiger charge is 2.23. The van der Waals surface area contributed by atoms with Crippen LogP contribution in [0.3, 0.4) is 0 Å². The van der Waals surface area contributed by atoms with Gasteiger partial charge in [-0.25, -0.2) is 0 Å². The van der Waals surface area contributed by atoms with Crippen molar-refractivity contribution in [1.29, 1.82) is 0 Å². The number of nitrogens with two attached hydrogens (primary N) is 1. The van der Waals surface area contributed by atoms with Gasteiger partial charge in [0.05, 0.1) is 4.99 Å². The maximum atomic E-state index is 12.4. The molecule has 2 aromatic rings. The number of carbonyl (C=O) groups is 1. The fourth-order valence-corrected chi connectivity index (χ4v) is 2.27. The molecule has 0 saturated carbocycles. The Balaban J connectivity index is 2.23. The molecule has 2 aromatic carbocycles. The fraction of sp³-hybridized carbons (Fsp3) is 0.125. The molecule has 1 unspecified atom stereocenters. The third-order valence-electron chi connectivity index (χ3n) is 2.97. The summed E-state index contributed by atoms with van der Waals surface area (Å²) in [4.78, 5) is 12.6. The number of aryl methyl sites for hydroxylation is 1. The largest absolute Gasteiger partial charge is 0.392 e. The molecule has 3 N–H and O–H groups in total. The van der Waals surface area contributed by atoms with Crippen LogP contribution in [-0.2, 0) is 4.79 Å². The van der Waals surface area contributed by atoms with Crippen molar-refractivity contribution in [3.8, 4) is 0 Å². The molecule has 102 valence electrons. The number of anilines is 1. The van der Waals surface area contributed by atoms with E-state index in [2.05, 4.69) is 5.32 Å². The number of amides is 1. The van der Waals surface area contributed by atoms with Crippen molar-refractivity contribution in [3.63, 3.8) is 0 Å². The lowest BCUT2D eigenvalue weighted by molar-refractivity contribution is -0.116. The van der Waals surface area contributed by atoms with Gasteiger partial charge in [0.2, 0.25) is 5.91 Å². The summed E-state index contributed by atoms with van der Waals surface area (Å²) >= 11 is 5.03. The molecule has 1 amide bonds. The summed E-state index contributed by atoms with van der Waals surface area (Å²) in [6.07, 6.45) is 0. The number of benzene rings is 2. The standard InChI is InChI=1S/C16H16N2OS/c1-11-6-5-9-13(10-11)18-16(19)14(15(17)20)12-7-3-2-4-8-12/h2-10,14H,1H3,(H2,17,20)(H,18,19). The quantitative estimate of drug-likeness (QED) is 0.849. The molecule has 0 aliphatic rings. The zero-order chi connectivity index (χ0) is 14.5. The molecule has 0 bridgehead atoms. The lowest BCUT2D eigenvalue weighted by Gasteiger charge is -2.16. The van der Waals surface area contributed by atoms with E-state index in [1.54, 1.807) is 0 Å². The number of rotatable bonds is 4. The molecule has 3 nitrogen and oxygen atoms in total. The first-order valence-electron chi connectivity index (χ1n) is 6.29. The van der Waals surface area contributed by atoms with Crippen molar-refractivity contribution in [3.05, 3.63) is 65.7 Å². The van der Waals surface area contributed by atoms with E-state index >= 15 is 0 Å². The second-order valence-corrected chi connectivity index (χ2v) is 5.08. The minimum Gasteiger partial charge on any atom is -0.392 e. The molecule has 0 saturated heterocycles. The summed E-state index contributed by atoms with van der Waals surface area (Å²) in [5.41, 5.74) is 8.34. The molecule has 1 atom stereocenters. The number of hydrogen-bond donors (Lipinski definition) is 2. The Morgan fingerprint density at radius 3 is 2.45 bits per heavy atom. The van der Waals surface area contributed by atoms with E-state index in [1.165, 1.54) is 0 Å². The van der Waals surface area contributed by atoms with E-state index in [1.807, 2.05) is 61.5 Å². The van der Waals surface area contributed by atoms with Crippen LogP contribution in [0.5, 0.6) is 0 Å². The van der Waals surface area contributed by atoms with Gasteiger partial charge in [-0.05, 0) is 30.2 Å². The molecule has 0 aliphatic carbocycles. The van der Waals surface area contributed by atoms with Crippen LogP contribution >= 0.6 is 12.2 Å². The number of carbonyl (C=O) groups excluding carboxylic acids is 1. The average Bonchev–Trinajstić information content (AvgIpc) is 2.39. The predicted octanol–water partition coefficient (Wildman–Crippen LogP) is 3.00. The topological polar surface area (TPSA) is 55.1 Å². The van der Waals surface area contributed by atoms with Crippen LogP contribution in [-0.4, -0.2) is 10.9 Å². The Bertz CT molecular complexity index is 625. The van der Waals surface area contributed by atoms with Gasteiger partial charge in [-0.15, -0.1) is 0 Å². The third-order valence-corrected chi connectivity index (χ3v) is 3.20. The summed E-state index contributed by atoms with van der Waals surface area (Å²) in [6, 6.07) is 16.9. The van der Waals surface area contributed by atoms with E-state index in [4.69, 9.17) is 18.0 Å². The van der Waals surface area contributed by atoms with Crippen molar-refractivity contribution < 1.29 is 4.79 Å².